The van der Waals surface area contributed by atoms with E-state index in [2.05, 4.69) is 20.8 Å². The summed E-state index contributed by atoms with van der Waals surface area (Å²) in [5.74, 6) is 0.0690. The van der Waals surface area contributed by atoms with Crippen LogP contribution in [0.4, 0.5) is 0 Å². The fourth-order valence-corrected chi connectivity index (χ4v) is 3.82. The Morgan fingerprint density at radius 1 is 1.25 bits per heavy atom. The van der Waals surface area contributed by atoms with Gasteiger partial charge < -0.3 is 9.47 Å². The van der Waals surface area contributed by atoms with Gasteiger partial charge in [0.05, 0.1) is 16.8 Å². The molecule has 0 spiro atoms. The Hall–Kier alpha value is -1.35. The van der Waals surface area contributed by atoms with Crippen LogP contribution in [0.5, 0.6) is 0 Å². The minimum atomic E-state index is -0.220. The van der Waals surface area contributed by atoms with Crippen molar-refractivity contribution >= 4 is 5.97 Å². The summed E-state index contributed by atoms with van der Waals surface area (Å²) in [5, 5.41) is 0. The Balaban J connectivity index is 1.77. The van der Waals surface area contributed by atoms with Gasteiger partial charge in [-0.15, -0.1) is 0 Å². The van der Waals surface area contributed by atoms with Crippen LogP contribution >= 0.6 is 0 Å². The van der Waals surface area contributed by atoms with Crippen molar-refractivity contribution in [2.45, 2.75) is 57.3 Å². The van der Waals surface area contributed by atoms with Crippen LogP contribution in [-0.2, 0) is 9.47 Å². The molecule has 3 aliphatic rings. The monoisotopic (exact) mass is 274 g/mol. The zero-order valence-electron chi connectivity index (χ0n) is 12.4. The van der Waals surface area contributed by atoms with Crippen molar-refractivity contribution in [2.24, 2.45) is 5.92 Å². The second-order valence-corrected chi connectivity index (χ2v) is 6.81. The molecular weight excluding hydrogens is 252 g/mol. The highest BCUT2D eigenvalue weighted by Gasteiger charge is 2.54. The van der Waals surface area contributed by atoms with Crippen LogP contribution in [0.2, 0.25) is 0 Å². The van der Waals surface area contributed by atoms with Gasteiger partial charge in [0.2, 0.25) is 0 Å². The first-order valence-corrected chi connectivity index (χ1v) is 7.36. The van der Waals surface area contributed by atoms with E-state index in [0.717, 1.165) is 19.3 Å². The molecule has 0 aromatic heterocycles. The van der Waals surface area contributed by atoms with Crippen molar-refractivity contribution < 1.29 is 14.3 Å². The van der Waals surface area contributed by atoms with Crippen LogP contribution in [0.15, 0.2) is 30.3 Å². The first-order chi connectivity index (χ1) is 9.40. The average molecular weight is 274 g/mol. The van der Waals surface area contributed by atoms with Gasteiger partial charge in [0, 0.05) is 12.3 Å². The molecule has 1 saturated carbocycles. The number of hydrogen-bond acceptors (Lipinski definition) is 3. The average Bonchev–Trinajstić information content (AvgIpc) is 2.37. The van der Waals surface area contributed by atoms with Gasteiger partial charge in [-0.05, 0) is 45.7 Å². The van der Waals surface area contributed by atoms with Crippen LogP contribution < -0.4 is 0 Å². The summed E-state index contributed by atoms with van der Waals surface area (Å²) >= 11 is 0. The third-order valence-corrected chi connectivity index (χ3v) is 4.74. The zero-order valence-corrected chi connectivity index (χ0v) is 12.4. The lowest BCUT2D eigenvalue weighted by Crippen LogP contribution is -2.60. The molecule has 0 radical (unpaired) electrons. The smallest absolute Gasteiger partial charge is 0.338 e. The number of fused-ring (bicyclic) bond motifs is 3. The van der Waals surface area contributed by atoms with Gasteiger partial charge in [-0.3, -0.25) is 0 Å². The molecule has 3 heteroatoms. The number of rotatable bonds is 2. The van der Waals surface area contributed by atoms with E-state index in [1.54, 1.807) is 12.1 Å². The van der Waals surface area contributed by atoms with E-state index in [4.69, 9.17) is 9.47 Å². The maximum Gasteiger partial charge on any atom is 0.338 e. The molecule has 2 saturated heterocycles. The molecule has 2 heterocycles. The highest BCUT2D eigenvalue weighted by Crippen LogP contribution is 2.50. The molecule has 3 atom stereocenters. The Kier molecular flexibility index (Phi) is 3.13. The molecule has 1 aliphatic carbocycles. The number of esters is 1. The van der Waals surface area contributed by atoms with Gasteiger partial charge in [-0.25, -0.2) is 4.79 Å². The second-order valence-electron chi connectivity index (χ2n) is 6.81. The Labute approximate surface area is 120 Å². The van der Waals surface area contributed by atoms with E-state index in [1.807, 2.05) is 18.2 Å². The number of benzene rings is 1. The zero-order chi connectivity index (χ0) is 14.4. The fourth-order valence-electron chi connectivity index (χ4n) is 3.82. The molecule has 2 aliphatic heterocycles. The third-order valence-electron chi connectivity index (χ3n) is 4.74. The molecular formula is C17H22O3. The summed E-state index contributed by atoms with van der Waals surface area (Å²) < 4.78 is 12.0. The Bertz CT molecular complexity index is 505. The molecule has 0 unspecified atom stereocenters. The molecule has 0 amide bonds. The summed E-state index contributed by atoms with van der Waals surface area (Å²) in [6, 6.07) is 9.22. The largest absolute Gasteiger partial charge is 0.458 e. The summed E-state index contributed by atoms with van der Waals surface area (Å²) in [7, 11) is 0. The maximum absolute atomic E-state index is 12.2. The van der Waals surface area contributed by atoms with Crippen LogP contribution in [0.3, 0.4) is 0 Å². The lowest BCUT2D eigenvalue weighted by Gasteiger charge is -2.56. The third kappa shape index (κ3) is 2.35. The molecule has 1 aromatic carbocycles. The first kappa shape index (κ1) is 13.6. The van der Waals surface area contributed by atoms with E-state index < -0.39 is 0 Å². The fraction of sp³-hybridized carbons (Fsp3) is 0.588. The molecule has 1 aromatic rings. The van der Waals surface area contributed by atoms with Gasteiger partial charge in [0.15, 0.2) is 0 Å². The standard InChI is InChI=1S/C17H22O3/c1-16(2)13-9-10-17(3,20-16)11-14(13)19-15(18)12-7-5-4-6-8-12/h4-8,13-14H,9-11H2,1-3H3/t13-,14+,17-/m1/s1. The predicted molar refractivity (Wildman–Crippen MR) is 76.6 cm³/mol. The van der Waals surface area contributed by atoms with Crippen LogP contribution in [0.25, 0.3) is 0 Å². The van der Waals surface area contributed by atoms with Gasteiger partial charge in [-0.2, -0.15) is 0 Å². The van der Waals surface area contributed by atoms with Gasteiger partial charge in [0.25, 0.3) is 0 Å². The molecule has 3 fully saturated rings. The molecule has 3 nitrogen and oxygen atoms in total. The number of carbonyl (C=O) groups is 1. The summed E-state index contributed by atoms with van der Waals surface area (Å²) in [6.07, 6.45) is 2.89. The molecule has 4 rings (SSSR count). The van der Waals surface area contributed by atoms with Crippen molar-refractivity contribution in [1.82, 2.24) is 0 Å². The normalized spacial score (nSPS) is 34.8. The highest BCUT2D eigenvalue weighted by atomic mass is 16.6. The van der Waals surface area contributed by atoms with Crippen molar-refractivity contribution in [3.8, 4) is 0 Å². The van der Waals surface area contributed by atoms with E-state index in [-0.39, 0.29) is 29.2 Å². The minimum absolute atomic E-state index is 0.0368. The molecule has 20 heavy (non-hydrogen) atoms. The van der Waals surface area contributed by atoms with E-state index >= 15 is 0 Å². The quantitative estimate of drug-likeness (QED) is 0.773. The second kappa shape index (κ2) is 4.59. The van der Waals surface area contributed by atoms with Crippen LogP contribution in [-0.4, -0.2) is 23.3 Å². The maximum atomic E-state index is 12.2. The first-order valence-electron chi connectivity index (χ1n) is 7.36. The molecule has 108 valence electrons. The topological polar surface area (TPSA) is 35.5 Å². The molecule has 2 bridgehead atoms. The summed E-state index contributed by atoms with van der Waals surface area (Å²) in [6.45, 7) is 6.35. The van der Waals surface area contributed by atoms with Gasteiger partial charge in [-0.1, -0.05) is 18.2 Å². The lowest BCUT2D eigenvalue weighted by atomic mass is 9.67. The van der Waals surface area contributed by atoms with E-state index in [9.17, 15) is 4.79 Å². The molecule has 0 N–H and O–H groups in total. The summed E-state index contributed by atoms with van der Waals surface area (Å²) in [5.41, 5.74) is 0.255. The number of hydrogen-bond donors (Lipinski definition) is 0. The van der Waals surface area contributed by atoms with E-state index in [0.29, 0.717) is 5.56 Å². The SMILES string of the molecule is CC1(C)O[C@]2(C)CC[C@@H]1[C@@H](OC(=O)c1ccccc1)C2. The van der Waals surface area contributed by atoms with Crippen molar-refractivity contribution in [3.63, 3.8) is 0 Å². The van der Waals surface area contributed by atoms with Gasteiger partial charge >= 0.3 is 5.97 Å². The highest BCUT2D eigenvalue weighted by molar-refractivity contribution is 5.89. The minimum Gasteiger partial charge on any atom is -0.458 e. The Morgan fingerprint density at radius 3 is 2.55 bits per heavy atom. The number of ether oxygens (including phenoxy) is 2. The van der Waals surface area contributed by atoms with Crippen molar-refractivity contribution in [2.75, 3.05) is 0 Å². The lowest BCUT2D eigenvalue weighted by molar-refractivity contribution is -0.262. The van der Waals surface area contributed by atoms with E-state index in [1.165, 1.54) is 0 Å². The summed E-state index contributed by atoms with van der Waals surface area (Å²) in [4.78, 5) is 12.2. The van der Waals surface area contributed by atoms with Crippen molar-refractivity contribution in [3.05, 3.63) is 35.9 Å². The predicted octanol–water partition coefficient (Wildman–Crippen LogP) is 3.58. The van der Waals surface area contributed by atoms with Crippen LogP contribution in [0.1, 0.15) is 50.4 Å². The Morgan fingerprint density at radius 2 is 1.95 bits per heavy atom. The van der Waals surface area contributed by atoms with Gasteiger partial charge in [0.1, 0.15) is 6.10 Å². The number of carbonyl (C=O) groups excluding carboxylic acids is 1. The van der Waals surface area contributed by atoms with Crippen LogP contribution in [0, 0.1) is 5.92 Å². The van der Waals surface area contributed by atoms with Crippen molar-refractivity contribution in [1.29, 1.82) is 0 Å².